The zero-order valence-electron chi connectivity index (χ0n) is 22.3. The van der Waals surface area contributed by atoms with Gasteiger partial charge in [0.05, 0.1) is 10.6 Å². The lowest BCUT2D eigenvalue weighted by atomic mass is 10.1. The number of benzene rings is 3. The van der Waals surface area contributed by atoms with Gasteiger partial charge in [-0.25, -0.2) is 8.42 Å². The molecule has 3 aromatic carbocycles. The molecule has 0 bridgehead atoms. The number of hydrogen-bond acceptors (Lipinski definition) is 4. The molecular weight excluding hydrogens is 486 g/mol. The average molecular weight is 522 g/mol. The molecule has 0 aliphatic heterocycles. The zero-order valence-corrected chi connectivity index (χ0v) is 23.1. The highest BCUT2D eigenvalue weighted by molar-refractivity contribution is 7.92. The normalized spacial score (nSPS) is 12.1. The van der Waals surface area contributed by atoms with Crippen molar-refractivity contribution in [1.29, 1.82) is 0 Å². The van der Waals surface area contributed by atoms with Crippen LogP contribution < -0.4 is 9.62 Å². The highest BCUT2D eigenvalue weighted by Crippen LogP contribution is 2.27. The first kappa shape index (κ1) is 27.9. The van der Waals surface area contributed by atoms with E-state index in [1.807, 2.05) is 58.0 Å². The first-order valence-electron chi connectivity index (χ1n) is 12.2. The monoisotopic (exact) mass is 521 g/mol. The molecule has 0 saturated heterocycles. The average Bonchev–Trinajstić information content (AvgIpc) is 2.87. The molecule has 2 amide bonds. The molecule has 7 nitrogen and oxygen atoms in total. The molecule has 37 heavy (non-hydrogen) atoms. The van der Waals surface area contributed by atoms with Crippen LogP contribution in [0.1, 0.15) is 34.7 Å². The van der Waals surface area contributed by atoms with Crippen LogP contribution in [0, 0.1) is 27.7 Å². The van der Waals surface area contributed by atoms with E-state index in [2.05, 4.69) is 5.32 Å². The SMILES string of the molecule is CNC(=O)C(C)N(Cc1ccc(C)cc1)C(=O)CN(c1ccc(C)c(C)c1)S(=O)(=O)c1ccc(C)cc1. The van der Waals surface area contributed by atoms with Crippen LogP contribution in [-0.2, 0) is 26.2 Å². The minimum Gasteiger partial charge on any atom is -0.357 e. The number of hydrogen-bond donors (Lipinski definition) is 1. The van der Waals surface area contributed by atoms with Crippen molar-refractivity contribution in [3.05, 3.63) is 94.5 Å². The third-order valence-electron chi connectivity index (χ3n) is 6.55. The minimum atomic E-state index is -4.07. The van der Waals surface area contributed by atoms with E-state index in [0.29, 0.717) is 5.69 Å². The lowest BCUT2D eigenvalue weighted by molar-refractivity contribution is -0.139. The molecular formula is C29H35N3O4S. The van der Waals surface area contributed by atoms with Gasteiger partial charge in [-0.05, 0) is 75.6 Å². The first-order valence-corrected chi connectivity index (χ1v) is 13.6. The van der Waals surface area contributed by atoms with Crippen LogP contribution in [0.5, 0.6) is 0 Å². The van der Waals surface area contributed by atoms with E-state index in [4.69, 9.17) is 0 Å². The Balaban J connectivity index is 2.05. The fourth-order valence-electron chi connectivity index (χ4n) is 3.93. The number of nitrogens with one attached hydrogen (secondary N) is 1. The van der Waals surface area contributed by atoms with Crippen molar-refractivity contribution < 1.29 is 18.0 Å². The predicted octanol–water partition coefficient (Wildman–Crippen LogP) is 4.28. The van der Waals surface area contributed by atoms with Crippen LogP contribution >= 0.6 is 0 Å². The van der Waals surface area contributed by atoms with Gasteiger partial charge in [0.25, 0.3) is 10.0 Å². The van der Waals surface area contributed by atoms with Crippen molar-refractivity contribution in [2.45, 2.75) is 52.1 Å². The third-order valence-corrected chi connectivity index (χ3v) is 8.34. The summed E-state index contributed by atoms with van der Waals surface area (Å²) in [6.45, 7) is 9.04. The minimum absolute atomic E-state index is 0.0913. The van der Waals surface area contributed by atoms with Gasteiger partial charge in [-0.3, -0.25) is 13.9 Å². The standard InChI is InChI=1S/C29H35N3O4S/c1-20-7-12-25(13-8-20)18-31(24(5)29(34)30-6)28(33)19-32(26-14-11-22(3)23(4)17-26)37(35,36)27-15-9-21(2)10-16-27/h7-17,24H,18-19H2,1-6H3,(H,30,34). The molecule has 0 fully saturated rings. The molecule has 3 aromatic rings. The molecule has 8 heteroatoms. The molecule has 0 aromatic heterocycles. The molecule has 0 aliphatic carbocycles. The lowest BCUT2D eigenvalue weighted by Gasteiger charge is -2.32. The van der Waals surface area contributed by atoms with Crippen LogP contribution in [0.25, 0.3) is 0 Å². The van der Waals surface area contributed by atoms with Crippen molar-refractivity contribution in [3.8, 4) is 0 Å². The number of amides is 2. The van der Waals surface area contributed by atoms with E-state index in [1.54, 1.807) is 43.3 Å². The van der Waals surface area contributed by atoms with Crippen LogP contribution in [0.4, 0.5) is 5.69 Å². The van der Waals surface area contributed by atoms with Gasteiger partial charge in [0, 0.05) is 13.6 Å². The van der Waals surface area contributed by atoms with E-state index in [0.717, 1.165) is 32.1 Å². The van der Waals surface area contributed by atoms with E-state index in [-0.39, 0.29) is 17.3 Å². The molecule has 1 unspecified atom stereocenters. The third kappa shape index (κ3) is 6.57. The van der Waals surface area contributed by atoms with Gasteiger partial charge < -0.3 is 10.2 Å². The molecule has 1 N–H and O–H groups in total. The van der Waals surface area contributed by atoms with Gasteiger partial charge >= 0.3 is 0 Å². The molecule has 3 rings (SSSR count). The highest BCUT2D eigenvalue weighted by Gasteiger charge is 2.32. The second kappa shape index (κ2) is 11.6. The largest absolute Gasteiger partial charge is 0.357 e. The summed E-state index contributed by atoms with van der Waals surface area (Å²) in [6.07, 6.45) is 0. The zero-order chi connectivity index (χ0) is 27.3. The molecule has 1 atom stereocenters. The Bertz CT molecular complexity index is 1370. The number of nitrogens with zero attached hydrogens (tertiary/aromatic N) is 2. The van der Waals surface area contributed by atoms with E-state index >= 15 is 0 Å². The summed E-state index contributed by atoms with van der Waals surface area (Å²) >= 11 is 0. The first-order chi connectivity index (χ1) is 17.4. The summed E-state index contributed by atoms with van der Waals surface area (Å²) in [4.78, 5) is 27.8. The number of aryl methyl sites for hydroxylation is 4. The number of rotatable bonds is 9. The number of carbonyl (C=O) groups is 2. The topological polar surface area (TPSA) is 86.8 Å². The summed E-state index contributed by atoms with van der Waals surface area (Å²) < 4.78 is 28.8. The van der Waals surface area contributed by atoms with Crippen molar-refractivity contribution in [1.82, 2.24) is 10.2 Å². The van der Waals surface area contributed by atoms with Gasteiger partial charge in [-0.15, -0.1) is 0 Å². The van der Waals surface area contributed by atoms with Crippen LogP contribution in [0.2, 0.25) is 0 Å². The fraction of sp³-hybridized carbons (Fsp3) is 0.310. The Morgan fingerprint density at radius 3 is 1.95 bits per heavy atom. The Morgan fingerprint density at radius 1 is 0.838 bits per heavy atom. The molecule has 0 aliphatic rings. The number of sulfonamides is 1. The van der Waals surface area contributed by atoms with E-state index in [1.165, 1.54) is 11.9 Å². The van der Waals surface area contributed by atoms with Crippen LogP contribution in [0.3, 0.4) is 0 Å². The maximum absolute atomic E-state index is 13.8. The molecule has 0 heterocycles. The second-order valence-corrected chi connectivity index (χ2v) is 11.3. The summed E-state index contributed by atoms with van der Waals surface area (Å²) in [5, 5.41) is 2.59. The fourth-order valence-corrected chi connectivity index (χ4v) is 5.33. The molecule has 0 spiro atoms. The van der Waals surface area contributed by atoms with Gasteiger partial charge in [0.1, 0.15) is 12.6 Å². The second-order valence-electron chi connectivity index (χ2n) is 9.39. The summed E-state index contributed by atoms with van der Waals surface area (Å²) in [7, 11) is -2.56. The Kier molecular flexibility index (Phi) is 8.76. The predicted molar refractivity (Wildman–Crippen MR) is 147 cm³/mol. The molecule has 0 radical (unpaired) electrons. The summed E-state index contributed by atoms with van der Waals surface area (Å²) in [5.41, 5.74) is 5.15. The highest BCUT2D eigenvalue weighted by atomic mass is 32.2. The summed E-state index contributed by atoms with van der Waals surface area (Å²) in [6, 6.07) is 18.7. The lowest BCUT2D eigenvalue weighted by Crippen LogP contribution is -2.50. The quantitative estimate of drug-likeness (QED) is 0.455. The van der Waals surface area contributed by atoms with E-state index in [9.17, 15) is 18.0 Å². The van der Waals surface area contributed by atoms with E-state index < -0.39 is 28.5 Å². The van der Waals surface area contributed by atoms with Gasteiger partial charge in [-0.2, -0.15) is 0 Å². The van der Waals surface area contributed by atoms with Crippen LogP contribution in [0.15, 0.2) is 71.6 Å². The van der Waals surface area contributed by atoms with Crippen LogP contribution in [-0.4, -0.2) is 44.8 Å². The molecule has 0 saturated carbocycles. The Morgan fingerprint density at radius 2 is 1.41 bits per heavy atom. The van der Waals surface area contributed by atoms with Gasteiger partial charge in [-0.1, -0.05) is 53.6 Å². The number of likely N-dealkylation sites (N-methyl/N-ethyl adjacent to an activating group) is 1. The number of anilines is 1. The molecule has 196 valence electrons. The Labute approximate surface area is 220 Å². The van der Waals surface area contributed by atoms with Crippen molar-refractivity contribution in [2.24, 2.45) is 0 Å². The maximum atomic E-state index is 13.8. The van der Waals surface area contributed by atoms with Crippen molar-refractivity contribution in [2.75, 3.05) is 17.9 Å². The maximum Gasteiger partial charge on any atom is 0.264 e. The van der Waals surface area contributed by atoms with Crippen molar-refractivity contribution >= 4 is 27.5 Å². The smallest absolute Gasteiger partial charge is 0.264 e. The van der Waals surface area contributed by atoms with Crippen molar-refractivity contribution in [3.63, 3.8) is 0 Å². The summed E-state index contributed by atoms with van der Waals surface area (Å²) in [5.74, 6) is -0.815. The Hall–Kier alpha value is -3.65. The number of carbonyl (C=O) groups excluding carboxylic acids is 2. The van der Waals surface area contributed by atoms with Gasteiger partial charge in [0.15, 0.2) is 0 Å². The van der Waals surface area contributed by atoms with Gasteiger partial charge in [0.2, 0.25) is 11.8 Å².